The number of carbonyl (C=O) groups excluding carboxylic acids is 1. The third-order valence-electron chi connectivity index (χ3n) is 6.44. The van der Waals surface area contributed by atoms with E-state index in [4.69, 9.17) is 21.1 Å². The van der Waals surface area contributed by atoms with E-state index < -0.39 is 32.5 Å². The molecular weight excluding hydrogens is 578 g/mol. The van der Waals surface area contributed by atoms with Crippen molar-refractivity contribution in [2.24, 2.45) is 0 Å². The summed E-state index contributed by atoms with van der Waals surface area (Å²) in [5.74, 6) is -0.572. The molecular formula is C27H30ClN3O7S2. The van der Waals surface area contributed by atoms with E-state index in [1.54, 1.807) is 37.3 Å². The molecule has 0 saturated carbocycles. The van der Waals surface area contributed by atoms with E-state index in [9.17, 15) is 21.6 Å². The van der Waals surface area contributed by atoms with Gasteiger partial charge in [-0.25, -0.2) is 16.8 Å². The summed E-state index contributed by atoms with van der Waals surface area (Å²) >= 11 is 6.29. The van der Waals surface area contributed by atoms with Crippen molar-refractivity contribution in [2.75, 3.05) is 49.6 Å². The van der Waals surface area contributed by atoms with Crippen LogP contribution in [0.25, 0.3) is 0 Å². The standard InChI is InChI=1S/C27H30ClN3O7S2/c1-19-7-10-22(11-8-19)39(33,34)31(24-6-4-5-23(28)20(24)2)18-27(32)29-21-9-12-25(37-3)26(17-21)40(35,36)30-13-15-38-16-14-30/h4-12,17H,13-16,18H2,1-3H3,(H,29,32). The number of benzene rings is 3. The maximum atomic E-state index is 13.7. The molecule has 0 aliphatic carbocycles. The number of rotatable bonds is 9. The van der Waals surface area contributed by atoms with Gasteiger partial charge in [0.1, 0.15) is 17.2 Å². The van der Waals surface area contributed by atoms with Crippen molar-refractivity contribution in [3.8, 4) is 5.75 Å². The maximum Gasteiger partial charge on any atom is 0.264 e. The normalized spacial score (nSPS) is 14.5. The minimum atomic E-state index is -4.17. The Morgan fingerprint density at radius 1 is 1.02 bits per heavy atom. The number of sulfonamides is 2. The fourth-order valence-corrected chi connectivity index (χ4v) is 7.45. The number of halogens is 1. The molecule has 1 fully saturated rings. The van der Waals surface area contributed by atoms with Crippen LogP contribution < -0.4 is 14.4 Å². The maximum absolute atomic E-state index is 13.7. The zero-order valence-electron chi connectivity index (χ0n) is 22.3. The van der Waals surface area contributed by atoms with Crippen LogP contribution in [0.15, 0.2) is 70.5 Å². The van der Waals surface area contributed by atoms with Crippen LogP contribution in [0.4, 0.5) is 11.4 Å². The molecule has 0 spiro atoms. The summed E-state index contributed by atoms with van der Waals surface area (Å²) in [4.78, 5) is 13.2. The fourth-order valence-electron chi connectivity index (χ4n) is 4.22. The topological polar surface area (TPSA) is 122 Å². The summed E-state index contributed by atoms with van der Waals surface area (Å²) in [6, 6.07) is 15.3. The second kappa shape index (κ2) is 12.1. The Balaban J connectivity index is 1.67. The van der Waals surface area contributed by atoms with Gasteiger partial charge in [-0.1, -0.05) is 35.4 Å². The first-order chi connectivity index (χ1) is 18.9. The molecule has 0 atom stereocenters. The lowest BCUT2D eigenvalue weighted by Gasteiger charge is -2.27. The molecule has 40 heavy (non-hydrogen) atoms. The number of methoxy groups -OCH3 is 1. The van der Waals surface area contributed by atoms with Crippen LogP contribution in [-0.4, -0.2) is 67.0 Å². The first-order valence-corrected chi connectivity index (χ1v) is 15.6. The second-order valence-corrected chi connectivity index (χ2v) is 13.3. The number of nitrogens with one attached hydrogen (secondary N) is 1. The molecule has 4 rings (SSSR count). The van der Waals surface area contributed by atoms with Crippen LogP contribution >= 0.6 is 11.6 Å². The molecule has 0 bridgehead atoms. The van der Waals surface area contributed by atoms with Crippen LogP contribution in [0.5, 0.6) is 5.75 Å². The third-order valence-corrected chi connectivity index (χ3v) is 10.5. The molecule has 1 heterocycles. The van der Waals surface area contributed by atoms with Crippen molar-refractivity contribution >= 4 is 48.9 Å². The van der Waals surface area contributed by atoms with Crippen LogP contribution in [0.2, 0.25) is 5.02 Å². The minimum absolute atomic E-state index is 0.00798. The van der Waals surface area contributed by atoms with Gasteiger partial charge in [-0.15, -0.1) is 0 Å². The van der Waals surface area contributed by atoms with Crippen LogP contribution in [0.3, 0.4) is 0 Å². The number of morpholine rings is 1. The van der Waals surface area contributed by atoms with Crippen molar-refractivity contribution in [2.45, 2.75) is 23.6 Å². The SMILES string of the molecule is COc1ccc(NC(=O)CN(c2cccc(Cl)c2C)S(=O)(=O)c2ccc(C)cc2)cc1S(=O)(=O)N1CCOCC1. The Labute approximate surface area is 239 Å². The molecule has 214 valence electrons. The van der Waals surface area contributed by atoms with Crippen LogP contribution in [-0.2, 0) is 29.6 Å². The zero-order chi connectivity index (χ0) is 29.1. The lowest BCUT2D eigenvalue weighted by Crippen LogP contribution is -2.40. The van der Waals surface area contributed by atoms with Gasteiger partial charge < -0.3 is 14.8 Å². The number of nitrogens with zero attached hydrogens (tertiary/aromatic N) is 2. The van der Waals surface area contributed by atoms with E-state index in [-0.39, 0.29) is 53.2 Å². The lowest BCUT2D eigenvalue weighted by molar-refractivity contribution is -0.114. The van der Waals surface area contributed by atoms with E-state index in [1.165, 1.54) is 41.7 Å². The van der Waals surface area contributed by atoms with Gasteiger partial charge in [0, 0.05) is 23.8 Å². The van der Waals surface area contributed by atoms with Gasteiger partial charge in [-0.2, -0.15) is 4.31 Å². The number of amides is 1. The summed E-state index contributed by atoms with van der Waals surface area (Å²) in [6.07, 6.45) is 0. The molecule has 10 nitrogen and oxygen atoms in total. The van der Waals surface area contributed by atoms with Crippen LogP contribution in [0, 0.1) is 13.8 Å². The smallest absolute Gasteiger partial charge is 0.264 e. The van der Waals surface area contributed by atoms with Crippen molar-refractivity contribution in [3.63, 3.8) is 0 Å². The number of carbonyl (C=O) groups is 1. The Kier molecular flexibility index (Phi) is 9.06. The molecule has 3 aromatic carbocycles. The summed E-state index contributed by atoms with van der Waals surface area (Å²) in [5, 5.41) is 2.98. The Bertz CT molecular complexity index is 1610. The van der Waals surface area contributed by atoms with Crippen molar-refractivity contribution in [1.82, 2.24) is 4.31 Å². The van der Waals surface area contributed by atoms with E-state index in [0.29, 0.717) is 10.6 Å². The Morgan fingerprint density at radius 2 is 1.70 bits per heavy atom. The molecule has 0 unspecified atom stereocenters. The molecule has 3 aromatic rings. The number of ether oxygens (including phenoxy) is 2. The van der Waals surface area contributed by atoms with Crippen molar-refractivity contribution in [3.05, 3.63) is 76.8 Å². The number of anilines is 2. The van der Waals surface area contributed by atoms with Crippen molar-refractivity contribution in [1.29, 1.82) is 0 Å². The average molecular weight is 608 g/mol. The second-order valence-electron chi connectivity index (χ2n) is 9.14. The molecule has 0 aromatic heterocycles. The van der Waals surface area contributed by atoms with E-state index in [1.807, 2.05) is 6.92 Å². The molecule has 1 saturated heterocycles. The summed E-state index contributed by atoms with van der Waals surface area (Å²) in [6.45, 7) is 3.83. The highest BCUT2D eigenvalue weighted by atomic mass is 35.5. The molecule has 0 radical (unpaired) electrons. The molecule has 1 amide bonds. The van der Waals surface area contributed by atoms with Gasteiger partial charge in [-0.3, -0.25) is 9.10 Å². The highest BCUT2D eigenvalue weighted by Gasteiger charge is 2.31. The quantitative estimate of drug-likeness (QED) is 0.392. The predicted molar refractivity (Wildman–Crippen MR) is 153 cm³/mol. The van der Waals surface area contributed by atoms with Crippen molar-refractivity contribution < 1.29 is 31.1 Å². The van der Waals surface area contributed by atoms with Gasteiger partial charge in [0.2, 0.25) is 15.9 Å². The summed E-state index contributed by atoms with van der Waals surface area (Å²) in [7, 11) is -6.77. The average Bonchev–Trinajstić information content (AvgIpc) is 2.94. The van der Waals surface area contributed by atoms with Gasteiger partial charge in [0.25, 0.3) is 10.0 Å². The monoisotopic (exact) mass is 607 g/mol. The van der Waals surface area contributed by atoms with Gasteiger partial charge in [0.05, 0.1) is 30.9 Å². The third kappa shape index (κ3) is 6.26. The number of aryl methyl sites for hydroxylation is 1. The van der Waals surface area contributed by atoms with E-state index >= 15 is 0 Å². The highest BCUT2D eigenvalue weighted by Crippen LogP contribution is 2.32. The predicted octanol–water partition coefficient (Wildman–Crippen LogP) is 3.82. The van der Waals surface area contributed by atoms with Gasteiger partial charge in [0.15, 0.2) is 0 Å². The molecule has 1 aliphatic rings. The number of hydrogen-bond acceptors (Lipinski definition) is 7. The molecule has 1 N–H and O–H groups in total. The first-order valence-electron chi connectivity index (χ1n) is 12.4. The summed E-state index contributed by atoms with van der Waals surface area (Å²) in [5.41, 5.74) is 1.77. The van der Waals surface area contributed by atoms with Crippen LogP contribution in [0.1, 0.15) is 11.1 Å². The first kappa shape index (κ1) is 29.8. The number of hydrogen-bond donors (Lipinski definition) is 1. The van der Waals surface area contributed by atoms with E-state index in [0.717, 1.165) is 9.87 Å². The highest BCUT2D eigenvalue weighted by molar-refractivity contribution is 7.93. The zero-order valence-corrected chi connectivity index (χ0v) is 24.6. The largest absolute Gasteiger partial charge is 0.495 e. The minimum Gasteiger partial charge on any atom is -0.495 e. The Morgan fingerprint density at radius 3 is 2.35 bits per heavy atom. The van der Waals surface area contributed by atoms with Gasteiger partial charge in [-0.05, 0) is 61.9 Å². The molecule has 1 aliphatic heterocycles. The van der Waals surface area contributed by atoms with Gasteiger partial charge >= 0.3 is 0 Å². The summed E-state index contributed by atoms with van der Waals surface area (Å²) < 4.78 is 66.9. The lowest BCUT2D eigenvalue weighted by atomic mass is 10.2. The molecule has 13 heteroatoms. The Hall–Kier alpha value is -3.16. The van der Waals surface area contributed by atoms with E-state index in [2.05, 4.69) is 5.32 Å². The fraction of sp³-hybridized carbons (Fsp3) is 0.296.